The molecule has 1 aliphatic rings. The largest absolute Gasteiger partial charge is 0.368 e. The summed E-state index contributed by atoms with van der Waals surface area (Å²) in [5.74, 6) is -0.311. The van der Waals surface area contributed by atoms with E-state index < -0.39 is 15.7 Å². The fourth-order valence-electron chi connectivity index (χ4n) is 3.60. The summed E-state index contributed by atoms with van der Waals surface area (Å²) in [6.45, 7) is 8.64. The molecule has 7 heteroatoms. The van der Waals surface area contributed by atoms with Crippen molar-refractivity contribution in [3.63, 3.8) is 0 Å². The molecule has 0 radical (unpaired) electrons. The van der Waals surface area contributed by atoms with Gasteiger partial charge in [0.1, 0.15) is 10.7 Å². The first kappa shape index (κ1) is 19.6. The summed E-state index contributed by atoms with van der Waals surface area (Å²) < 4.78 is 37.7. The Morgan fingerprint density at radius 3 is 2.52 bits per heavy atom. The normalized spacial score (nSPS) is 18.2. The Morgan fingerprint density at radius 2 is 1.89 bits per heavy atom. The maximum absolute atomic E-state index is 13.9. The van der Waals surface area contributed by atoms with E-state index in [-0.39, 0.29) is 10.9 Å². The van der Waals surface area contributed by atoms with Crippen LogP contribution in [0.5, 0.6) is 0 Å². The highest BCUT2D eigenvalue weighted by Crippen LogP contribution is 2.29. The summed E-state index contributed by atoms with van der Waals surface area (Å²) in [4.78, 5) is 8.57. The lowest BCUT2D eigenvalue weighted by atomic mass is 9.98. The molecule has 1 aliphatic heterocycles. The minimum absolute atomic E-state index is 0.244. The molecule has 27 heavy (non-hydrogen) atoms. The number of hydrogen-bond acceptors (Lipinski definition) is 5. The van der Waals surface area contributed by atoms with E-state index in [1.165, 1.54) is 12.1 Å². The SMILES string of the molecule is Cc1cncc(N2CCN(c3ccc(F)c(S(C)(=O)=O)c3)C[C@H]2C(C)C)c1. The molecule has 0 bridgehead atoms. The molecule has 2 heterocycles. The van der Waals surface area contributed by atoms with Crippen molar-refractivity contribution in [3.8, 4) is 0 Å². The Balaban J connectivity index is 1.89. The first-order chi connectivity index (χ1) is 12.7. The first-order valence-corrected chi connectivity index (χ1v) is 11.0. The van der Waals surface area contributed by atoms with Crippen molar-refractivity contribution in [2.24, 2.45) is 5.92 Å². The second-order valence-electron chi connectivity index (χ2n) is 7.56. The molecule has 5 nitrogen and oxygen atoms in total. The Kier molecular flexibility index (Phi) is 5.42. The summed E-state index contributed by atoms with van der Waals surface area (Å²) in [5, 5.41) is 0. The monoisotopic (exact) mass is 391 g/mol. The number of aromatic nitrogens is 1. The lowest BCUT2D eigenvalue weighted by molar-refractivity contribution is 0.418. The molecule has 0 spiro atoms. The Hall–Kier alpha value is -2.15. The van der Waals surface area contributed by atoms with Crippen molar-refractivity contribution in [2.75, 3.05) is 35.7 Å². The Labute approximate surface area is 160 Å². The van der Waals surface area contributed by atoms with Crippen LogP contribution < -0.4 is 9.80 Å². The van der Waals surface area contributed by atoms with Gasteiger partial charge in [0.25, 0.3) is 0 Å². The van der Waals surface area contributed by atoms with Gasteiger partial charge in [-0.2, -0.15) is 0 Å². The van der Waals surface area contributed by atoms with E-state index in [1.807, 2.05) is 19.3 Å². The quantitative estimate of drug-likeness (QED) is 0.801. The maximum Gasteiger partial charge on any atom is 0.178 e. The molecular weight excluding hydrogens is 365 g/mol. The van der Waals surface area contributed by atoms with Crippen molar-refractivity contribution in [1.82, 2.24) is 4.98 Å². The van der Waals surface area contributed by atoms with Crippen LogP contribution in [0.3, 0.4) is 0 Å². The minimum atomic E-state index is -3.60. The van der Waals surface area contributed by atoms with E-state index in [4.69, 9.17) is 0 Å². The number of anilines is 2. The molecule has 1 aromatic heterocycles. The van der Waals surface area contributed by atoms with E-state index in [0.717, 1.165) is 42.8 Å². The van der Waals surface area contributed by atoms with E-state index in [0.29, 0.717) is 5.92 Å². The zero-order chi connectivity index (χ0) is 19.8. The number of hydrogen-bond donors (Lipinski definition) is 0. The molecule has 2 aromatic rings. The number of benzene rings is 1. The minimum Gasteiger partial charge on any atom is -0.368 e. The lowest BCUT2D eigenvalue weighted by Gasteiger charge is -2.45. The predicted octanol–water partition coefficient (Wildman–Crippen LogP) is 3.28. The van der Waals surface area contributed by atoms with Crippen LogP contribution in [-0.4, -0.2) is 45.3 Å². The van der Waals surface area contributed by atoms with Gasteiger partial charge < -0.3 is 9.80 Å². The molecule has 1 atom stereocenters. The second kappa shape index (κ2) is 7.46. The van der Waals surface area contributed by atoms with Crippen LogP contribution in [0.2, 0.25) is 0 Å². The number of aryl methyl sites for hydroxylation is 1. The van der Waals surface area contributed by atoms with Crippen LogP contribution in [0.1, 0.15) is 19.4 Å². The van der Waals surface area contributed by atoms with Gasteiger partial charge in [-0.3, -0.25) is 4.98 Å². The van der Waals surface area contributed by atoms with Gasteiger partial charge in [-0.15, -0.1) is 0 Å². The average Bonchev–Trinajstić information content (AvgIpc) is 2.60. The smallest absolute Gasteiger partial charge is 0.178 e. The number of sulfone groups is 1. The summed E-state index contributed by atoms with van der Waals surface area (Å²) >= 11 is 0. The molecule has 3 rings (SSSR count). The summed E-state index contributed by atoms with van der Waals surface area (Å²) in [5.41, 5.74) is 2.96. The van der Waals surface area contributed by atoms with Crippen molar-refractivity contribution in [1.29, 1.82) is 0 Å². The highest BCUT2D eigenvalue weighted by Gasteiger charge is 2.30. The third-order valence-corrected chi connectivity index (χ3v) is 6.17. The molecule has 0 N–H and O–H groups in total. The van der Waals surface area contributed by atoms with E-state index in [1.54, 1.807) is 6.07 Å². The molecule has 0 aliphatic carbocycles. The van der Waals surface area contributed by atoms with Crippen LogP contribution >= 0.6 is 0 Å². The summed E-state index contributed by atoms with van der Waals surface area (Å²) in [6, 6.07) is 6.73. The predicted molar refractivity (Wildman–Crippen MR) is 107 cm³/mol. The van der Waals surface area contributed by atoms with Crippen molar-refractivity contribution in [2.45, 2.75) is 31.7 Å². The Bertz CT molecular complexity index is 931. The third kappa shape index (κ3) is 4.24. The summed E-state index contributed by atoms with van der Waals surface area (Å²) in [7, 11) is -3.60. The van der Waals surface area contributed by atoms with Gasteiger partial charge in [0, 0.05) is 43.8 Å². The van der Waals surface area contributed by atoms with E-state index in [9.17, 15) is 12.8 Å². The van der Waals surface area contributed by atoms with Crippen molar-refractivity contribution in [3.05, 3.63) is 48.0 Å². The van der Waals surface area contributed by atoms with Gasteiger partial charge in [-0.25, -0.2) is 12.8 Å². The summed E-state index contributed by atoms with van der Waals surface area (Å²) in [6.07, 6.45) is 4.77. The van der Waals surface area contributed by atoms with Crippen molar-refractivity contribution < 1.29 is 12.8 Å². The standard InChI is InChI=1S/C20H26FN3O2S/c1-14(2)19-13-23(7-8-24(19)17-9-15(3)11-22-12-17)16-5-6-18(21)20(10-16)27(4,25)26/h5-6,9-12,14,19H,7-8,13H2,1-4H3/t19-/m0/s1. The number of pyridine rings is 1. The number of piperazine rings is 1. The van der Waals surface area contributed by atoms with Gasteiger partial charge in [0.2, 0.25) is 0 Å². The van der Waals surface area contributed by atoms with Gasteiger partial charge >= 0.3 is 0 Å². The molecule has 0 saturated carbocycles. The van der Waals surface area contributed by atoms with E-state index in [2.05, 4.69) is 34.7 Å². The van der Waals surface area contributed by atoms with Crippen LogP contribution in [0.15, 0.2) is 41.6 Å². The fourth-order valence-corrected chi connectivity index (χ4v) is 4.36. The molecule has 0 amide bonds. The van der Waals surface area contributed by atoms with E-state index >= 15 is 0 Å². The fraction of sp³-hybridized carbons (Fsp3) is 0.450. The zero-order valence-corrected chi connectivity index (χ0v) is 17.0. The lowest BCUT2D eigenvalue weighted by Crippen LogP contribution is -2.55. The molecule has 1 aromatic carbocycles. The van der Waals surface area contributed by atoms with Gasteiger partial charge in [-0.05, 0) is 42.7 Å². The second-order valence-corrected chi connectivity index (χ2v) is 9.54. The Morgan fingerprint density at radius 1 is 1.15 bits per heavy atom. The van der Waals surface area contributed by atoms with Crippen LogP contribution in [0.4, 0.5) is 15.8 Å². The number of rotatable bonds is 4. The van der Waals surface area contributed by atoms with Crippen LogP contribution in [0, 0.1) is 18.7 Å². The molecule has 1 saturated heterocycles. The topological polar surface area (TPSA) is 53.5 Å². The molecular formula is C20H26FN3O2S. The van der Waals surface area contributed by atoms with Gasteiger partial charge in [0.05, 0.1) is 11.9 Å². The third-order valence-electron chi connectivity index (χ3n) is 5.06. The van der Waals surface area contributed by atoms with Crippen molar-refractivity contribution >= 4 is 21.2 Å². The molecule has 0 unspecified atom stereocenters. The van der Waals surface area contributed by atoms with Gasteiger partial charge in [0.15, 0.2) is 9.84 Å². The maximum atomic E-state index is 13.9. The molecule has 146 valence electrons. The zero-order valence-electron chi connectivity index (χ0n) is 16.2. The highest BCUT2D eigenvalue weighted by molar-refractivity contribution is 7.90. The average molecular weight is 392 g/mol. The first-order valence-electron chi connectivity index (χ1n) is 9.09. The van der Waals surface area contributed by atoms with Crippen LogP contribution in [0.25, 0.3) is 0 Å². The number of nitrogens with zero attached hydrogens (tertiary/aromatic N) is 3. The number of halogens is 1. The highest BCUT2D eigenvalue weighted by atomic mass is 32.2. The molecule has 1 fully saturated rings. The van der Waals surface area contributed by atoms with Gasteiger partial charge in [-0.1, -0.05) is 13.8 Å². The van der Waals surface area contributed by atoms with Crippen LogP contribution in [-0.2, 0) is 9.84 Å².